The second-order valence-corrected chi connectivity index (χ2v) is 9.37. The fourth-order valence-corrected chi connectivity index (χ4v) is 4.73. The van der Waals surface area contributed by atoms with Crippen LogP contribution in [0.3, 0.4) is 0 Å². The Bertz CT molecular complexity index is 1150. The van der Waals surface area contributed by atoms with Gasteiger partial charge in [-0.25, -0.2) is 8.42 Å². The van der Waals surface area contributed by atoms with Crippen molar-refractivity contribution in [2.75, 3.05) is 17.5 Å². The molecule has 0 saturated heterocycles. The van der Waals surface area contributed by atoms with Gasteiger partial charge in [-0.15, -0.1) is 0 Å². The van der Waals surface area contributed by atoms with Gasteiger partial charge in [0.15, 0.2) is 6.61 Å². The fraction of sp³-hybridized carbons (Fsp3) is 0.269. The van der Waals surface area contributed by atoms with Crippen LogP contribution >= 0.6 is 0 Å². The van der Waals surface area contributed by atoms with E-state index < -0.39 is 22.5 Å². The number of rotatable bonds is 10. The van der Waals surface area contributed by atoms with Gasteiger partial charge in [0.2, 0.25) is 0 Å². The van der Waals surface area contributed by atoms with Crippen molar-refractivity contribution in [3.8, 4) is 11.5 Å². The number of hydrogen-bond acceptors (Lipinski definition) is 5. The van der Waals surface area contributed by atoms with Gasteiger partial charge in [0.05, 0.1) is 17.2 Å². The Morgan fingerprint density at radius 3 is 1.97 bits per heavy atom. The second kappa shape index (κ2) is 11.0. The van der Waals surface area contributed by atoms with Crippen molar-refractivity contribution in [1.82, 2.24) is 0 Å². The number of aryl methyl sites for hydroxylation is 2. The molecular weight excluding hydrogens is 438 g/mol. The Morgan fingerprint density at radius 1 is 0.818 bits per heavy atom. The predicted octanol–water partition coefficient (Wildman–Crippen LogP) is 5.15. The van der Waals surface area contributed by atoms with E-state index in [2.05, 4.69) is 6.92 Å². The van der Waals surface area contributed by atoms with E-state index in [0.29, 0.717) is 18.1 Å². The Kier molecular flexibility index (Phi) is 8.11. The van der Waals surface area contributed by atoms with Gasteiger partial charge in [-0.1, -0.05) is 43.2 Å². The number of benzene rings is 3. The molecule has 3 aromatic rings. The minimum absolute atomic E-state index is 0.0271. The van der Waals surface area contributed by atoms with Gasteiger partial charge in [-0.3, -0.25) is 4.79 Å². The molecule has 33 heavy (non-hydrogen) atoms. The smallest absolute Gasteiger partial charge is 0.278 e. The quantitative estimate of drug-likeness (QED) is 0.412. The maximum Gasteiger partial charge on any atom is 0.278 e. The summed E-state index contributed by atoms with van der Waals surface area (Å²) in [6, 6.07) is 20.2. The zero-order valence-corrected chi connectivity index (χ0v) is 20.0. The summed E-state index contributed by atoms with van der Waals surface area (Å²) in [5.41, 5.74) is 2.31. The summed E-state index contributed by atoms with van der Waals surface area (Å²) in [7, 11) is -4.15. The predicted molar refractivity (Wildman–Crippen MR) is 129 cm³/mol. The molecule has 0 aliphatic rings. The highest BCUT2D eigenvalue weighted by Gasteiger charge is 2.31. The second-order valence-electron chi connectivity index (χ2n) is 7.59. The summed E-state index contributed by atoms with van der Waals surface area (Å²) in [6.45, 7) is 5.89. The third-order valence-corrected chi connectivity index (χ3v) is 6.76. The van der Waals surface area contributed by atoms with Crippen molar-refractivity contribution in [3.05, 3.63) is 83.9 Å². The molecule has 0 heterocycles. The van der Waals surface area contributed by atoms with E-state index >= 15 is 0 Å². The van der Waals surface area contributed by atoms with E-state index in [1.54, 1.807) is 48.5 Å². The first-order chi connectivity index (χ1) is 15.8. The molecule has 0 unspecified atom stereocenters. The highest BCUT2D eigenvalue weighted by Crippen LogP contribution is 2.27. The number of amides is 1. The van der Waals surface area contributed by atoms with Gasteiger partial charge in [0, 0.05) is 0 Å². The molecule has 1 amide bonds. The molecule has 0 aliphatic heterocycles. The SMILES string of the molecule is CCCc1ccc(OCC(=O)N(c2ccc(OCC)cc2)S(=O)(=O)c2ccc(C)cc2)cc1. The van der Waals surface area contributed by atoms with Crippen molar-refractivity contribution in [3.63, 3.8) is 0 Å². The van der Waals surface area contributed by atoms with Gasteiger partial charge in [0.1, 0.15) is 11.5 Å². The van der Waals surface area contributed by atoms with Gasteiger partial charge < -0.3 is 9.47 Å². The number of ether oxygens (including phenoxy) is 2. The average Bonchev–Trinajstić information content (AvgIpc) is 2.80. The van der Waals surface area contributed by atoms with Crippen LogP contribution in [0, 0.1) is 6.92 Å². The molecule has 0 saturated carbocycles. The molecule has 0 radical (unpaired) electrons. The minimum Gasteiger partial charge on any atom is -0.494 e. The Labute approximate surface area is 195 Å². The lowest BCUT2D eigenvalue weighted by Crippen LogP contribution is -2.40. The Hall–Kier alpha value is -3.32. The number of anilines is 1. The maximum absolute atomic E-state index is 13.4. The van der Waals surface area contributed by atoms with Crippen LogP contribution < -0.4 is 13.8 Å². The highest BCUT2D eigenvalue weighted by molar-refractivity contribution is 7.93. The maximum atomic E-state index is 13.4. The lowest BCUT2D eigenvalue weighted by Gasteiger charge is -2.23. The van der Waals surface area contributed by atoms with Gasteiger partial charge >= 0.3 is 0 Å². The first kappa shape index (κ1) is 24.3. The molecule has 0 bridgehead atoms. The number of nitrogens with zero attached hydrogens (tertiary/aromatic N) is 1. The lowest BCUT2D eigenvalue weighted by molar-refractivity contribution is -0.119. The normalized spacial score (nSPS) is 11.1. The molecule has 7 heteroatoms. The first-order valence-corrected chi connectivity index (χ1v) is 12.4. The van der Waals surface area contributed by atoms with Crippen molar-refractivity contribution < 1.29 is 22.7 Å². The van der Waals surface area contributed by atoms with E-state index in [-0.39, 0.29) is 10.6 Å². The molecule has 174 valence electrons. The summed E-state index contributed by atoms with van der Waals surface area (Å²) in [5, 5.41) is 0. The van der Waals surface area contributed by atoms with Crippen LogP contribution in [0.2, 0.25) is 0 Å². The summed E-state index contributed by atoms with van der Waals surface area (Å²) in [6.07, 6.45) is 1.99. The molecular formula is C26H29NO5S. The van der Waals surface area contributed by atoms with Gasteiger partial charge in [-0.05, 0) is 74.4 Å². The van der Waals surface area contributed by atoms with Crippen molar-refractivity contribution in [2.45, 2.75) is 38.5 Å². The Morgan fingerprint density at radius 2 is 1.39 bits per heavy atom. The van der Waals surface area contributed by atoms with E-state index in [1.807, 2.05) is 26.0 Å². The molecule has 0 N–H and O–H groups in total. The molecule has 6 nitrogen and oxygen atoms in total. The van der Waals surface area contributed by atoms with E-state index in [9.17, 15) is 13.2 Å². The van der Waals surface area contributed by atoms with Crippen LogP contribution in [0.25, 0.3) is 0 Å². The van der Waals surface area contributed by atoms with Crippen LogP contribution in [0.1, 0.15) is 31.4 Å². The number of carbonyl (C=O) groups excluding carboxylic acids is 1. The molecule has 0 fully saturated rings. The largest absolute Gasteiger partial charge is 0.494 e. The number of hydrogen-bond donors (Lipinski definition) is 0. The van der Waals surface area contributed by atoms with Crippen molar-refractivity contribution >= 4 is 21.6 Å². The van der Waals surface area contributed by atoms with Gasteiger partial charge in [-0.2, -0.15) is 4.31 Å². The number of carbonyl (C=O) groups is 1. The standard InChI is InChI=1S/C26H29NO5S/c1-4-6-21-9-13-24(14-10-21)32-19-26(28)27(22-11-15-23(16-12-22)31-5-2)33(29,30)25-17-7-20(3)8-18-25/h7-18H,4-6,19H2,1-3H3. The van der Waals surface area contributed by atoms with E-state index in [4.69, 9.17) is 9.47 Å². The summed E-state index contributed by atoms with van der Waals surface area (Å²) in [4.78, 5) is 13.2. The topological polar surface area (TPSA) is 72.9 Å². The van der Waals surface area contributed by atoms with Crippen LogP contribution in [0.5, 0.6) is 11.5 Å². The van der Waals surface area contributed by atoms with E-state index in [0.717, 1.165) is 22.7 Å². The zero-order valence-electron chi connectivity index (χ0n) is 19.2. The monoisotopic (exact) mass is 467 g/mol. The molecule has 0 spiro atoms. The lowest BCUT2D eigenvalue weighted by atomic mass is 10.1. The molecule has 0 aromatic heterocycles. The first-order valence-electron chi connectivity index (χ1n) is 10.9. The van der Waals surface area contributed by atoms with Gasteiger partial charge in [0.25, 0.3) is 15.9 Å². The zero-order chi connectivity index (χ0) is 23.8. The highest BCUT2D eigenvalue weighted by atomic mass is 32.2. The van der Waals surface area contributed by atoms with Crippen LogP contribution in [-0.4, -0.2) is 27.5 Å². The summed E-state index contributed by atoms with van der Waals surface area (Å²) in [5.74, 6) is 0.393. The average molecular weight is 468 g/mol. The Balaban J connectivity index is 1.88. The fourth-order valence-electron chi connectivity index (χ4n) is 3.32. The molecule has 3 aromatic carbocycles. The third kappa shape index (κ3) is 6.14. The third-order valence-electron chi connectivity index (χ3n) is 4.99. The van der Waals surface area contributed by atoms with E-state index in [1.165, 1.54) is 17.7 Å². The summed E-state index contributed by atoms with van der Waals surface area (Å²) < 4.78 is 38.7. The molecule has 3 rings (SSSR count). The molecule has 0 atom stereocenters. The minimum atomic E-state index is -4.15. The molecule has 0 aliphatic carbocycles. The number of sulfonamides is 1. The van der Waals surface area contributed by atoms with Crippen molar-refractivity contribution in [2.24, 2.45) is 0 Å². The van der Waals surface area contributed by atoms with Crippen LogP contribution in [0.4, 0.5) is 5.69 Å². The van der Waals surface area contributed by atoms with Crippen LogP contribution in [-0.2, 0) is 21.2 Å². The van der Waals surface area contributed by atoms with Crippen molar-refractivity contribution in [1.29, 1.82) is 0 Å². The van der Waals surface area contributed by atoms with Crippen LogP contribution in [0.15, 0.2) is 77.7 Å². The summed E-state index contributed by atoms with van der Waals surface area (Å²) >= 11 is 0.